The van der Waals surface area contributed by atoms with E-state index in [1.54, 1.807) is 19.1 Å². The van der Waals surface area contributed by atoms with Crippen LogP contribution >= 0.6 is 0 Å². The number of aryl methyl sites for hydroxylation is 1. The number of aromatic amines is 1. The van der Waals surface area contributed by atoms with E-state index in [4.69, 9.17) is 4.74 Å². The molecule has 0 aliphatic heterocycles. The Morgan fingerprint density at radius 2 is 2.00 bits per heavy atom. The van der Waals surface area contributed by atoms with Gasteiger partial charge < -0.3 is 4.74 Å². The second-order valence-electron chi connectivity index (χ2n) is 4.22. The lowest BCUT2D eigenvalue weighted by Crippen LogP contribution is -2.21. The number of para-hydroxylation sites is 1. The van der Waals surface area contributed by atoms with Crippen LogP contribution in [-0.2, 0) is 4.74 Å². The van der Waals surface area contributed by atoms with Crippen molar-refractivity contribution in [2.24, 2.45) is 0 Å². The Labute approximate surface area is 110 Å². The molecule has 0 unspecified atom stereocenters. The molecule has 2 rings (SSSR count). The van der Waals surface area contributed by atoms with Crippen LogP contribution in [0.25, 0.3) is 5.69 Å². The number of aromatic nitrogens is 2. The minimum atomic E-state index is -0.574. The molecule has 0 aliphatic rings. The van der Waals surface area contributed by atoms with Crippen LogP contribution in [0, 0.1) is 6.92 Å². The highest BCUT2D eigenvalue weighted by molar-refractivity contribution is 5.90. The van der Waals surface area contributed by atoms with E-state index in [1.807, 2.05) is 25.1 Å². The summed E-state index contributed by atoms with van der Waals surface area (Å²) >= 11 is 0. The molecule has 0 spiro atoms. The lowest BCUT2D eigenvalue weighted by Gasteiger charge is -2.00. The third kappa shape index (κ3) is 2.59. The number of nitrogens with one attached hydrogen (secondary N) is 1. The molecular formula is C14H16N2O3. The van der Waals surface area contributed by atoms with Crippen LogP contribution < -0.4 is 5.56 Å². The van der Waals surface area contributed by atoms with Crippen LogP contribution in [0.5, 0.6) is 0 Å². The number of H-pyrrole nitrogens is 1. The van der Waals surface area contributed by atoms with Crippen molar-refractivity contribution in [2.45, 2.75) is 20.3 Å². The fraction of sp³-hybridized carbons (Fsp3) is 0.286. The number of carbonyl (C=O) groups excluding carboxylic acids is 1. The van der Waals surface area contributed by atoms with E-state index < -0.39 is 5.97 Å². The number of carbonyl (C=O) groups is 1. The molecule has 0 bridgehead atoms. The van der Waals surface area contributed by atoms with Crippen molar-refractivity contribution in [3.63, 3.8) is 0 Å². The molecule has 1 aromatic heterocycles. The van der Waals surface area contributed by atoms with Crippen molar-refractivity contribution < 1.29 is 9.53 Å². The van der Waals surface area contributed by atoms with E-state index >= 15 is 0 Å². The van der Waals surface area contributed by atoms with Crippen molar-refractivity contribution in [2.75, 3.05) is 6.61 Å². The van der Waals surface area contributed by atoms with Gasteiger partial charge in [-0.15, -0.1) is 0 Å². The van der Waals surface area contributed by atoms with Gasteiger partial charge in [0.2, 0.25) is 0 Å². The van der Waals surface area contributed by atoms with Crippen LogP contribution in [0.15, 0.2) is 35.1 Å². The molecule has 1 N–H and O–H groups in total. The third-order valence-corrected chi connectivity index (χ3v) is 2.73. The first-order chi connectivity index (χ1) is 9.15. The van der Waals surface area contributed by atoms with Crippen LogP contribution in [-0.4, -0.2) is 22.4 Å². The zero-order valence-electron chi connectivity index (χ0n) is 11.0. The van der Waals surface area contributed by atoms with Gasteiger partial charge in [0.25, 0.3) is 5.56 Å². The average molecular weight is 260 g/mol. The maximum Gasteiger partial charge on any atom is 0.345 e. The van der Waals surface area contributed by atoms with E-state index in [9.17, 15) is 9.59 Å². The Kier molecular flexibility index (Phi) is 3.85. The van der Waals surface area contributed by atoms with Crippen molar-refractivity contribution in [1.82, 2.24) is 9.78 Å². The maximum absolute atomic E-state index is 12.2. The van der Waals surface area contributed by atoms with Gasteiger partial charge in [-0.2, -0.15) is 0 Å². The van der Waals surface area contributed by atoms with Gasteiger partial charge in [-0.3, -0.25) is 9.89 Å². The lowest BCUT2D eigenvalue weighted by molar-refractivity contribution is 0.0502. The standard InChI is InChI=1S/C14H16N2O3/c1-3-9-19-14(18)12-10(2)15-16(13(12)17)11-7-5-4-6-8-11/h4-8,15H,3,9H2,1-2H3. The van der Waals surface area contributed by atoms with Crippen molar-refractivity contribution >= 4 is 5.97 Å². The molecule has 1 aromatic carbocycles. The molecule has 5 heteroatoms. The molecule has 1 heterocycles. The highest BCUT2D eigenvalue weighted by Crippen LogP contribution is 2.08. The Hall–Kier alpha value is -2.30. The monoisotopic (exact) mass is 260 g/mol. The van der Waals surface area contributed by atoms with Gasteiger partial charge >= 0.3 is 5.97 Å². The molecule has 5 nitrogen and oxygen atoms in total. The smallest absolute Gasteiger partial charge is 0.345 e. The largest absolute Gasteiger partial charge is 0.462 e. The molecule has 100 valence electrons. The van der Waals surface area contributed by atoms with Crippen molar-refractivity contribution in [3.8, 4) is 5.69 Å². The summed E-state index contributed by atoms with van der Waals surface area (Å²) in [4.78, 5) is 24.1. The molecule has 0 aliphatic carbocycles. The Balaban J connectivity index is 2.41. The van der Waals surface area contributed by atoms with E-state index in [-0.39, 0.29) is 11.1 Å². The van der Waals surface area contributed by atoms with Crippen molar-refractivity contribution in [3.05, 3.63) is 51.9 Å². The summed E-state index contributed by atoms with van der Waals surface area (Å²) in [6.07, 6.45) is 0.724. The van der Waals surface area contributed by atoms with Gasteiger partial charge in [0.05, 0.1) is 12.3 Å². The molecule has 0 amide bonds. The molecule has 0 radical (unpaired) electrons. The zero-order valence-corrected chi connectivity index (χ0v) is 11.0. The van der Waals surface area contributed by atoms with Gasteiger partial charge in [-0.25, -0.2) is 9.48 Å². The second-order valence-corrected chi connectivity index (χ2v) is 4.22. The first-order valence-corrected chi connectivity index (χ1v) is 6.19. The summed E-state index contributed by atoms with van der Waals surface area (Å²) in [5.74, 6) is -0.574. The number of hydrogen-bond acceptors (Lipinski definition) is 3. The Morgan fingerprint density at radius 3 is 2.63 bits per heavy atom. The number of rotatable bonds is 4. The van der Waals surface area contributed by atoms with Crippen molar-refractivity contribution in [1.29, 1.82) is 0 Å². The van der Waals surface area contributed by atoms with Crippen LogP contribution in [0.4, 0.5) is 0 Å². The Morgan fingerprint density at radius 1 is 1.32 bits per heavy atom. The molecule has 0 saturated heterocycles. The number of nitrogens with zero attached hydrogens (tertiary/aromatic N) is 1. The van der Waals surface area contributed by atoms with Crippen LogP contribution in [0.3, 0.4) is 0 Å². The minimum absolute atomic E-state index is 0.0669. The molecule has 0 fully saturated rings. The van der Waals surface area contributed by atoms with E-state index in [0.29, 0.717) is 18.0 Å². The van der Waals surface area contributed by atoms with Crippen LogP contribution in [0.1, 0.15) is 29.4 Å². The number of esters is 1. The zero-order chi connectivity index (χ0) is 13.8. The topological polar surface area (TPSA) is 64.1 Å². The molecule has 0 atom stereocenters. The van der Waals surface area contributed by atoms with E-state index in [2.05, 4.69) is 5.10 Å². The molecule has 2 aromatic rings. The van der Waals surface area contributed by atoms with Gasteiger partial charge in [0.1, 0.15) is 5.56 Å². The summed E-state index contributed by atoms with van der Waals surface area (Å²) in [5.41, 5.74) is 0.877. The number of hydrogen-bond donors (Lipinski definition) is 1. The number of benzene rings is 1. The maximum atomic E-state index is 12.2. The quantitative estimate of drug-likeness (QED) is 0.855. The predicted molar refractivity (Wildman–Crippen MR) is 71.7 cm³/mol. The molecular weight excluding hydrogens is 244 g/mol. The van der Waals surface area contributed by atoms with Gasteiger partial charge in [0.15, 0.2) is 0 Å². The molecule has 19 heavy (non-hydrogen) atoms. The summed E-state index contributed by atoms with van der Waals surface area (Å²) in [5, 5.41) is 2.89. The third-order valence-electron chi connectivity index (χ3n) is 2.73. The second kappa shape index (κ2) is 5.56. The van der Waals surface area contributed by atoms with Crippen LogP contribution in [0.2, 0.25) is 0 Å². The highest BCUT2D eigenvalue weighted by Gasteiger charge is 2.20. The fourth-order valence-corrected chi connectivity index (χ4v) is 1.81. The molecule has 0 saturated carbocycles. The number of ether oxygens (including phenoxy) is 1. The normalized spacial score (nSPS) is 10.4. The average Bonchev–Trinajstić information content (AvgIpc) is 2.72. The van der Waals surface area contributed by atoms with Gasteiger partial charge in [-0.1, -0.05) is 25.1 Å². The SMILES string of the molecule is CCCOC(=O)c1c(C)[nH]n(-c2ccccc2)c1=O. The van der Waals surface area contributed by atoms with Gasteiger partial charge in [0, 0.05) is 5.69 Å². The summed E-state index contributed by atoms with van der Waals surface area (Å²) < 4.78 is 6.36. The first kappa shape index (κ1) is 13.1. The predicted octanol–water partition coefficient (Wildman–Crippen LogP) is 2.04. The van der Waals surface area contributed by atoms with E-state index in [0.717, 1.165) is 6.42 Å². The summed E-state index contributed by atoms with van der Waals surface area (Å²) in [6.45, 7) is 3.90. The lowest BCUT2D eigenvalue weighted by atomic mass is 10.2. The Bertz CT molecular complexity index is 626. The first-order valence-electron chi connectivity index (χ1n) is 6.19. The fourth-order valence-electron chi connectivity index (χ4n) is 1.81. The van der Waals surface area contributed by atoms with E-state index in [1.165, 1.54) is 4.68 Å². The summed E-state index contributed by atoms with van der Waals surface area (Å²) in [6, 6.07) is 9.10. The van der Waals surface area contributed by atoms with Gasteiger partial charge in [-0.05, 0) is 25.5 Å². The summed E-state index contributed by atoms with van der Waals surface area (Å²) in [7, 11) is 0. The minimum Gasteiger partial charge on any atom is -0.462 e. The highest BCUT2D eigenvalue weighted by atomic mass is 16.5.